The van der Waals surface area contributed by atoms with Crippen molar-refractivity contribution in [2.75, 3.05) is 6.54 Å². The SMILES string of the molecule is CC(C)C(O)CNC(=O)/C=C/c1ccccc1[N+](=O)[O-]. The van der Waals surface area contributed by atoms with Gasteiger partial charge in [0.15, 0.2) is 0 Å². The Hall–Kier alpha value is -2.21. The molecule has 0 radical (unpaired) electrons. The van der Waals surface area contributed by atoms with Crippen molar-refractivity contribution in [2.45, 2.75) is 20.0 Å². The molecule has 0 heterocycles. The van der Waals surface area contributed by atoms with Crippen molar-refractivity contribution in [1.82, 2.24) is 5.32 Å². The molecule has 0 fully saturated rings. The predicted molar refractivity (Wildman–Crippen MR) is 76.0 cm³/mol. The summed E-state index contributed by atoms with van der Waals surface area (Å²) in [6, 6.07) is 6.16. The average Bonchev–Trinajstić information content (AvgIpc) is 2.42. The highest BCUT2D eigenvalue weighted by Crippen LogP contribution is 2.18. The van der Waals surface area contributed by atoms with Crippen molar-refractivity contribution >= 4 is 17.7 Å². The fourth-order valence-electron chi connectivity index (χ4n) is 1.46. The molecule has 0 saturated carbocycles. The number of hydrogen-bond donors (Lipinski definition) is 2. The van der Waals surface area contributed by atoms with Crippen LogP contribution in [0.25, 0.3) is 6.08 Å². The van der Waals surface area contributed by atoms with Gasteiger partial charge in [-0.05, 0) is 18.1 Å². The summed E-state index contributed by atoms with van der Waals surface area (Å²) in [6.07, 6.45) is 1.99. The summed E-state index contributed by atoms with van der Waals surface area (Å²) >= 11 is 0. The lowest BCUT2D eigenvalue weighted by Gasteiger charge is -2.13. The molecule has 6 heteroatoms. The van der Waals surface area contributed by atoms with Crippen LogP contribution in [-0.4, -0.2) is 28.6 Å². The first kappa shape index (κ1) is 15.8. The average molecular weight is 278 g/mol. The molecule has 0 bridgehead atoms. The second-order valence-electron chi connectivity index (χ2n) is 4.71. The van der Waals surface area contributed by atoms with Gasteiger partial charge in [-0.15, -0.1) is 0 Å². The second kappa shape index (κ2) is 7.40. The quantitative estimate of drug-likeness (QED) is 0.471. The topological polar surface area (TPSA) is 92.5 Å². The molecule has 1 amide bonds. The van der Waals surface area contributed by atoms with E-state index in [9.17, 15) is 20.0 Å². The smallest absolute Gasteiger partial charge is 0.276 e. The summed E-state index contributed by atoms with van der Waals surface area (Å²) in [7, 11) is 0. The Morgan fingerprint density at radius 2 is 2.10 bits per heavy atom. The Bertz CT molecular complexity index is 512. The predicted octanol–water partition coefficient (Wildman–Crippen LogP) is 1.74. The molecule has 0 saturated heterocycles. The third kappa shape index (κ3) is 4.81. The van der Waals surface area contributed by atoms with Gasteiger partial charge in [-0.2, -0.15) is 0 Å². The molecule has 108 valence electrons. The summed E-state index contributed by atoms with van der Waals surface area (Å²) in [5.74, 6) is -0.350. The number of hydrogen-bond acceptors (Lipinski definition) is 4. The maximum Gasteiger partial charge on any atom is 0.276 e. The third-order valence-corrected chi connectivity index (χ3v) is 2.80. The number of nitrogens with one attached hydrogen (secondary N) is 1. The molecule has 1 unspecified atom stereocenters. The van der Waals surface area contributed by atoms with E-state index in [2.05, 4.69) is 5.32 Å². The summed E-state index contributed by atoms with van der Waals surface area (Å²) in [6.45, 7) is 3.84. The summed E-state index contributed by atoms with van der Waals surface area (Å²) in [4.78, 5) is 21.8. The molecule has 0 aliphatic rings. The van der Waals surface area contributed by atoms with Crippen LogP contribution in [-0.2, 0) is 4.79 Å². The monoisotopic (exact) mass is 278 g/mol. The summed E-state index contributed by atoms with van der Waals surface area (Å²) < 4.78 is 0. The van der Waals surface area contributed by atoms with Crippen LogP contribution < -0.4 is 5.32 Å². The van der Waals surface area contributed by atoms with E-state index in [4.69, 9.17) is 0 Å². The van der Waals surface area contributed by atoms with Crippen molar-refractivity contribution in [3.05, 3.63) is 46.0 Å². The lowest BCUT2D eigenvalue weighted by molar-refractivity contribution is -0.385. The number of carbonyl (C=O) groups is 1. The van der Waals surface area contributed by atoms with Gasteiger partial charge >= 0.3 is 0 Å². The van der Waals surface area contributed by atoms with Crippen molar-refractivity contribution < 1.29 is 14.8 Å². The van der Waals surface area contributed by atoms with Crippen LogP contribution in [0, 0.1) is 16.0 Å². The molecule has 1 aromatic carbocycles. The van der Waals surface area contributed by atoms with Gasteiger partial charge in [-0.25, -0.2) is 0 Å². The van der Waals surface area contributed by atoms with Crippen molar-refractivity contribution in [3.8, 4) is 0 Å². The van der Waals surface area contributed by atoms with Crippen molar-refractivity contribution in [1.29, 1.82) is 0 Å². The normalized spacial score (nSPS) is 12.6. The van der Waals surface area contributed by atoms with E-state index in [0.717, 1.165) is 0 Å². The number of nitro groups is 1. The summed E-state index contributed by atoms with van der Waals surface area (Å²) in [5.41, 5.74) is 0.302. The Morgan fingerprint density at radius 3 is 2.70 bits per heavy atom. The highest BCUT2D eigenvalue weighted by Gasteiger charge is 2.11. The van der Waals surface area contributed by atoms with E-state index < -0.39 is 16.9 Å². The van der Waals surface area contributed by atoms with Crippen molar-refractivity contribution in [3.63, 3.8) is 0 Å². The standard InChI is InChI=1S/C14H18N2O4/c1-10(2)13(17)9-15-14(18)8-7-11-5-3-4-6-12(11)16(19)20/h3-8,10,13,17H,9H2,1-2H3,(H,15,18)/b8-7+. The second-order valence-corrected chi connectivity index (χ2v) is 4.71. The van der Waals surface area contributed by atoms with Crippen LogP contribution in [0.1, 0.15) is 19.4 Å². The van der Waals surface area contributed by atoms with Gasteiger partial charge in [0.25, 0.3) is 5.69 Å². The highest BCUT2D eigenvalue weighted by atomic mass is 16.6. The minimum atomic E-state index is -0.613. The molecule has 0 aliphatic heterocycles. The molecule has 6 nitrogen and oxygen atoms in total. The number of aliphatic hydroxyl groups excluding tert-OH is 1. The summed E-state index contributed by atoms with van der Waals surface area (Å²) in [5, 5.41) is 22.9. The van der Waals surface area contributed by atoms with Gasteiger partial charge < -0.3 is 10.4 Å². The zero-order chi connectivity index (χ0) is 15.1. The third-order valence-electron chi connectivity index (χ3n) is 2.80. The van der Waals surface area contributed by atoms with Crippen LogP contribution in [0.2, 0.25) is 0 Å². The lowest BCUT2D eigenvalue weighted by atomic mass is 10.1. The Kier molecular flexibility index (Phi) is 5.86. The lowest BCUT2D eigenvalue weighted by Crippen LogP contribution is -2.33. The van der Waals surface area contributed by atoms with E-state index in [0.29, 0.717) is 5.56 Å². The molecule has 2 N–H and O–H groups in total. The Balaban J connectivity index is 2.64. The van der Waals surface area contributed by atoms with E-state index in [1.165, 1.54) is 18.2 Å². The Morgan fingerprint density at radius 1 is 1.45 bits per heavy atom. The zero-order valence-electron chi connectivity index (χ0n) is 11.4. The Labute approximate surface area is 117 Å². The van der Waals surface area contributed by atoms with Crippen LogP contribution in [0.4, 0.5) is 5.69 Å². The van der Waals surface area contributed by atoms with Crippen molar-refractivity contribution in [2.24, 2.45) is 5.92 Å². The van der Waals surface area contributed by atoms with Crippen LogP contribution >= 0.6 is 0 Å². The van der Waals surface area contributed by atoms with Gasteiger partial charge in [-0.3, -0.25) is 14.9 Å². The highest BCUT2D eigenvalue weighted by molar-refractivity contribution is 5.92. The number of para-hydroxylation sites is 1. The number of nitrogens with zero attached hydrogens (tertiary/aromatic N) is 1. The van der Waals surface area contributed by atoms with Gasteiger partial charge in [0, 0.05) is 18.7 Å². The first-order valence-electron chi connectivity index (χ1n) is 6.29. The zero-order valence-corrected chi connectivity index (χ0v) is 11.4. The van der Waals surface area contributed by atoms with Gasteiger partial charge in [-0.1, -0.05) is 26.0 Å². The number of rotatable bonds is 6. The fourth-order valence-corrected chi connectivity index (χ4v) is 1.46. The van der Waals surface area contributed by atoms with Gasteiger partial charge in [0.05, 0.1) is 16.6 Å². The van der Waals surface area contributed by atoms with Crippen LogP contribution in [0.3, 0.4) is 0 Å². The molecule has 0 aromatic heterocycles. The number of benzene rings is 1. The van der Waals surface area contributed by atoms with E-state index in [-0.39, 0.29) is 18.2 Å². The molecular formula is C14H18N2O4. The fraction of sp³-hybridized carbons (Fsp3) is 0.357. The first-order valence-corrected chi connectivity index (χ1v) is 6.29. The van der Waals surface area contributed by atoms with E-state index in [1.54, 1.807) is 18.2 Å². The molecule has 1 aromatic rings. The number of aliphatic hydroxyl groups is 1. The first-order chi connectivity index (χ1) is 9.41. The minimum absolute atomic E-state index is 0.0505. The van der Waals surface area contributed by atoms with E-state index in [1.807, 2.05) is 13.8 Å². The largest absolute Gasteiger partial charge is 0.391 e. The molecule has 1 rings (SSSR count). The minimum Gasteiger partial charge on any atom is -0.391 e. The molecule has 20 heavy (non-hydrogen) atoms. The maximum absolute atomic E-state index is 11.5. The van der Waals surface area contributed by atoms with Gasteiger partial charge in [0.2, 0.25) is 5.91 Å². The maximum atomic E-state index is 11.5. The molecule has 0 spiro atoms. The number of amides is 1. The number of nitro benzene ring substituents is 1. The molecule has 0 aliphatic carbocycles. The molecule has 1 atom stereocenters. The van der Waals surface area contributed by atoms with Gasteiger partial charge in [0.1, 0.15) is 0 Å². The van der Waals surface area contributed by atoms with Crippen LogP contribution in [0.15, 0.2) is 30.3 Å². The molecular weight excluding hydrogens is 260 g/mol. The van der Waals surface area contributed by atoms with E-state index >= 15 is 0 Å². The number of carbonyl (C=O) groups excluding carboxylic acids is 1. The van der Waals surface area contributed by atoms with Crippen LogP contribution in [0.5, 0.6) is 0 Å².